The Morgan fingerprint density at radius 3 is 2.74 bits per heavy atom. The third-order valence-electron chi connectivity index (χ3n) is 5.87. The number of para-hydroxylation sites is 3. The third kappa shape index (κ3) is 5.72. The van der Waals surface area contributed by atoms with Crippen molar-refractivity contribution in [3.8, 4) is 11.5 Å². The van der Waals surface area contributed by atoms with Crippen LogP contribution in [0.25, 0.3) is 11.0 Å². The van der Waals surface area contributed by atoms with Gasteiger partial charge in [-0.1, -0.05) is 42.5 Å². The molecule has 1 N–H and O–H groups in total. The van der Waals surface area contributed by atoms with Crippen molar-refractivity contribution >= 4 is 16.9 Å². The maximum absolute atomic E-state index is 12.9. The van der Waals surface area contributed by atoms with Gasteiger partial charge in [0.1, 0.15) is 17.3 Å². The highest BCUT2D eigenvalue weighted by atomic mass is 16.5. The summed E-state index contributed by atoms with van der Waals surface area (Å²) in [6.07, 6.45) is 3.45. The Balaban J connectivity index is 1.48. The number of imidazole rings is 1. The first kappa shape index (κ1) is 24.1. The van der Waals surface area contributed by atoms with Gasteiger partial charge in [0, 0.05) is 12.1 Å². The Labute approximate surface area is 206 Å². The van der Waals surface area contributed by atoms with Crippen molar-refractivity contribution in [1.82, 2.24) is 14.9 Å². The van der Waals surface area contributed by atoms with Gasteiger partial charge in [0.25, 0.3) is 5.91 Å². The summed E-state index contributed by atoms with van der Waals surface area (Å²) in [6, 6.07) is 22.9. The molecule has 6 heteroatoms. The van der Waals surface area contributed by atoms with Gasteiger partial charge in [-0.3, -0.25) is 4.79 Å². The van der Waals surface area contributed by atoms with E-state index in [-0.39, 0.29) is 11.9 Å². The van der Waals surface area contributed by atoms with Gasteiger partial charge in [0.05, 0.1) is 30.8 Å². The molecule has 0 saturated carbocycles. The number of benzene rings is 3. The zero-order valence-electron chi connectivity index (χ0n) is 20.2. The molecule has 1 heterocycles. The molecule has 0 bridgehead atoms. The Morgan fingerprint density at radius 1 is 1.11 bits per heavy atom. The number of carbonyl (C=O) groups is 1. The zero-order valence-corrected chi connectivity index (χ0v) is 20.2. The molecule has 180 valence electrons. The number of hydrogen-bond donors (Lipinski definition) is 1. The maximum Gasteiger partial charge on any atom is 0.251 e. The van der Waals surface area contributed by atoms with Crippen LogP contribution >= 0.6 is 0 Å². The number of methoxy groups -OCH3 is 1. The summed E-state index contributed by atoms with van der Waals surface area (Å²) >= 11 is 0. The van der Waals surface area contributed by atoms with E-state index in [0.29, 0.717) is 17.9 Å². The van der Waals surface area contributed by atoms with Gasteiger partial charge in [-0.05, 0) is 61.7 Å². The number of ether oxygens (including phenoxy) is 2. The van der Waals surface area contributed by atoms with Crippen LogP contribution in [0.3, 0.4) is 0 Å². The van der Waals surface area contributed by atoms with Gasteiger partial charge in [-0.25, -0.2) is 4.98 Å². The van der Waals surface area contributed by atoms with E-state index in [4.69, 9.17) is 14.5 Å². The summed E-state index contributed by atoms with van der Waals surface area (Å²) in [5, 5.41) is 3.08. The Kier molecular flexibility index (Phi) is 7.83. The summed E-state index contributed by atoms with van der Waals surface area (Å²) < 4.78 is 13.5. The molecule has 1 amide bonds. The minimum Gasteiger partial charge on any atom is -0.497 e. The molecule has 1 atom stereocenters. The summed E-state index contributed by atoms with van der Waals surface area (Å²) in [7, 11) is 1.59. The first-order valence-corrected chi connectivity index (χ1v) is 11.8. The third-order valence-corrected chi connectivity index (χ3v) is 5.87. The molecule has 0 saturated heterocycles. The van der Waals surface area contributed by atoms with Crippen molar-refractivity contribution in [3.63, 3.8) is 0 Å². The molecule has 6 nitrogen and oxygen atoms in total. The van der Waals surface area contributed by atoms with E-state index in [9.17, 15) is 4.79 Å². The van der Waals surface area contributed by atoms with Crippen molar-refractivity contribution in [2.24, 2.45) is 0 Å². The van der Waals surface area contributed by atoms with Gasteiger partial charge in [0.2, 0.25) is 0 Å². The second-order valence-corrected chi connectivity index (χ2v) is 8.34. The van der Waals surface area contributed by atoms with Crippen LogP contribution in [-0.4, -0.2) is 29.2 Å². The molecule has 1 unspecified atom stereocenters. The normalized spacial score (nSPS) is 11.7. The first-order valence-electron chi connectivity index (χ1n) is 11.8. The fraction of sp³-hybridized carbons (Fsp3) is 0.241. The zero-order chi connectivity index (χ0) is 24.6. The van der Waals surface area contributed by atoms with Crippen LogP contribution in [0.4, 0.5) is 0 Å². The molecular formula is C29H31N3O3. The van der Waals surface area contributed by atoms with Crippen molar-refractivity contribution in [3.05, 3.63) is 102 Å². The number of amides is 1. The van der Waals surface area contributed by atoms with Gasteiger partial charge in [-0.15, -0.1) is 6.58 Å². The van der Waals surface area contributed by atoms with Crippen LogP contribution in [0.15, 0.2) is 85.5 Å². The number of aryl methyl sites for hydroxylation is 1. The highest BCUT2D eigenvalue weighted by Gasteiger charge is 2.19. The minimum atomic E-state index is -0.282. The van der Waals surface area contributed by atoms with Gasteiger partial charge in [-0.2, -0.15) is 0 Å². The van der Waals surface area contributed by atoms with Crippen LogP contribution < -0.4 is 14.8 Å². The van der Waals surface area contributed by atoms with Gasteiger partial charge >= 0.3 is 0 Å². The minimum absolute atomic E-state index is 0.169. The molecular weight excluding hydrogens is 438 g/mol. The quantitative estimate of drug-likeness (QED) is 0.225. The number of allylic oxidation sites excluding steroid dienone is 1. The molecule has 0 aliphatic carbocycles. The predicted molar refractivity (Wildman–Crippen MR) is 139 cm³/mol. The fourth-order valence-electron chi connectivity index (χ4n) is 4.14. The predicted octanol–water partition coefficient (Wildman–Crippen LogP) is 5.73. The topological polar surface area (TPSA) is 65.4 Å². The monoisotopic (exact) mass is 469 g/mol. The summed E-state index contributed by atoms with van der Waals surface area (Å²) in [5.41, 5.74) is 3.62. The summed E-state index contributed by atoms with van der Waals surface area (Å²) in [6.45, 7) is 7.08. The SMILES string of the molecule is C=CCc1ccccc1OCCCn1c(C(C)NC(=O)c2cccc(OC)c2)nc2ccccc21. The number of aromatic nitrogens is 2. The molecule has 0 aliphatic heterocycles. The largest absolute Gasteiger partial charge is 0.497 e. The summed E-state index contributed by atoms with van der Waals surface area (Å²) in [5.74, 6) is 2.18. The lowest BCUT2D eigenvalue weighted by molar-refractivity contribution is 0.0937. The molecule has 4 aromatic rings. The lowest BCUT2D eigenvalue weighted by Gasteiger charge is -2.17. The number of fused-ring (bicyclic) bond motifs is 1. The molecule has 0 spiro atoms. The fourth-order valence-corrected chi connectivity index (χ4v) is 4.14. The van der Waals surface area contributed by atoms with Crippen LogP contribution in [0, 0.1) is 0 Å². The van der Waals surface area contributed by atoms with Crippen molar-refractivity contribution in [2.45, 2.75) is 32.4 Å². The van der Waals surface area contributed by atoms with Crippen molar-refractivity contribution in [1.29, 1.82) is 0 Å². The highest BCUT2D eigenvalue weighted by molar-refractivity contribution is 5.94. The van der Waals surface area contributed by atoms with Crippen LogP contribution in [0.2, 0.25) is 0 Å². The summed E-state index contributed by atoms with van der Waals surface area (Å²) in [4.78, 5) is 17.7. The van der Waals surface area contributed by atoms with Crippen molar-refractivity contribution < 1.29 is 14.3 Å². The Bertz CT molecular complexity index is 1310. The Morgan fingerprint density at radius 2 is 1.91 bits per heavy atom. The lowest BCUT2D eigenvalue weighted by atomic mass is 10.1. The average molecular weight is 470 g/mol. The second kappa shape index (κ2) is 11.4. The van der Waals surface area contributed by atoms with Crippen LogP contribution in [-0.2, 0) is 13.0 Å². The molecule has 1 aromatic heterocycles. The maximum atomic E-state index is 12.9. The van der Waals surface area contributed by atoms with E-state index in [0.717, 1.165) is 47.6 Å². The number of hydrogen-bond acceptors (Lipinski definition) is 4. The molecule has 0 radical (unpaired) electrons. The van der Waals surface area contributed by atoms with E-state index < -0.39 is 0 Å². The van der Waals surface area contributed by atoms with Crippen LogP contribution in [0.5, 0.6) is 11.5 Å². The smallest absolute Gasteiger partial charge is 0.251 e. The number of nitrogens with zero attached hydrogens (tertiary/aromatic N) is 2. The molecule has 3 aromatic carbocycles. The van der Waals surface area contributed by atoms with Gasteiger partial charge in [0.15, 0.2) is 0 Å². The lowest BCUT2D eigenvalue weighted by Crippen LogP contribution is -2.29. The van der Waals surface area contributed by atoms with Gasteiger partial charge < -0.3 is 19.4 Å². The van der Waals surface area contributed by atoms with E-state index >= 15 is 0 Å². The van der Waals surface area contributed by atoms with E-state index in [2.05, 4.69) is 28.6 Å². The number of rotatable bonds is 11. The number of carbonyl (C=O) groups excluding carboxylic acids is 1. The molecule has 35 heavy (non-hydrogen) atoms. The van der Waals surface area contributed by atoms with E-state index in [1.54, 1.807) is 25.3 Å². The Hall–Kier alpha value is -4.06. The molecule has 0 aliphatic rings. The van der Waals surface area contributed by atoms with E-state index in [1.807, 2.05) is 55.5 Å². The van der Waals surface area contributed by atoms with Crippen LogP contribution in [0.1, 0.15) is 41.1 Å². The highest BCUT2D eigenvalue weighted by Crippen LogP contribution is 2.23. The molecule has 0 fully saturated rings. The second-order valence-electron chi connectivity index (χ2n) is 8.34. The van der Waals surface area contributed by atoms with Crippen molar-refractivity contribution in [2.75, 3.05) is 13.7 Å². The first-order chi connectivity index (χ1) is 17.1. The average Bonchev–Trinajstić information content (AvgIpc) is 3.26. The standard InChI is InChI=1S/C29H31N3O3/c1-4-11-22-12-5-8-17-27(22)35-19-10-18-32-26-16-7-6-15-25(26)31-28(32)21(2)30-29(33)23-13-9-14-24(20-23)34-3/h4-9,12-17,20-21H,1,10-11,18-19H2,2-3H3,(H,30,33). The molecule has 4 rings (SSSR count). The number of nitrogens with one attached hydrogen (secondary N) is 1. The van der Waals surface area contributed by atoms with E-state index in [1.165, 1.54) is 0 Å².